The molecule has 2 unspecified atom stereocenters. The summed E-state index contributed by atoms with van der Waals surface area (Å²) in [6, 6.07) is 17.9. The summed E-state index contributed by atoms with van der Waals surface area (Å²) in [7, 11) is 0. The lowest BCUT2D eigenvalue weighted by atomic mass is 9.85. The van der Waals surface area contributed by atoms with Crippen LogP contribution in [0.3, 0.4) is 0 Å². The molecule has 116 valence electrons. The molecule has 1 amide bonds. The lowest BCUT2D eigenvalue weighted by Gasteiger charge is -2.23. The molecule has 0 aliphatic rings. The van der Waals surface area contributed by atoms with Crippen LogP contribution in [0, 0.1) is 12.8 Å². The van der Waals surface area contributed by atoms with Crippen LogP contribution < -0.4 is 10.9 Å². The second kappa shape index (κ2) is 7.64. The number of benzene rings is 2. The number of hydrogen-bond acceptors (Lipinski definition) is 2. The number of amides is 1. The van der Waals surface area contributed by atoms with E-state index < -0.39 is 0 Å². The maximum absolute atomic E-state index is 12.7. The molecule has 2 rings (SSSR count). The molecule has 0 spiro atoms. The molecule has 2 aromatic rings. The lowest BCUT2D eigenvalue weighted by Crippen LogP contribution is -2.36. The third-order valence-electron chi connectivity index (χ3n) is 4.12. The van der Waals surface area contributed by atoms with Crippen LogP contribution in [0.5, 0.6) is 0 Å². The van der Waals surface area contributed by atoms with Crippen molar-refractivity contribution in [3.8, 4) is 0 Å². The molecule has 0 saturated carbocycles. The fraction of sp³-hybridized carbons (Fsp3) is 0.316. The van der Waals surface area contributed by atoms with Gasteiger partial charge in [-0.2, -0.15) is 0 Å². The Morgan fingerprint density at radius 3 is 2.32 bits per heavy atom. The van der Waals surface area contributed by atoms with Crippen LogP contribution in [0.1, 0.15) is 37.3 Å². The topological polar surface area (TPSA) is 41.1 Å². The maximum Gasteiger partial charge on any atom is 0.246 e. The SMILES string of the molecule is CCC(C)C(C(=O)NNc1ccccc1C)c1ccccc1. The molecule has 0 aliphatic carbocycles. The molecule has 2 N–H and O–H groups in total. The summed E-state index contributed by atoms with van der Waals surface area (Å²) < 4.78 is 0. The normalized spacial score (nSPS) is 13.2. The van der Waals surface area contributed by atoms with Crippen molar-refractivity contribution in [3.63, 3.8) is 0 Å². The Morgan fingerprint density at radius 1 is 1.05 bits per heavy atom. The highest BCUT2D eigenvalue weighted by atomic mass is 16.2. The second-order valence-corrected chi connectivity index (χ2v) is 5.70. The Morgan fingerprint density at radius 2 is 1.68 bits per heavy atom. The number of nitrogens with one attached hydrogen (secondary N) is 2. The predicted molar refractivity (Wildman–Crippen MR) is 91.6 cm³/mol. The zero-order valence-electron chi connectivity index (χ0n) is 13.5. The molecule has 0 saturated heterocycles. The van der Waals surface area contributed by atoms with Gasteiger partial charge in [0, 0.05) is 0 Å². The van der Waals surface area contributed by atoms with Gasteiger partial charge in [-0.3, -0.25) is 15.6 Å². The van der Waals surface area contributed by atoms with Crippen LogP contribution in [0.4, 0.5) is 5.69 Å². The number of para-hydroxylation sites is 1. The van der Waals surface area contributed by atoms with Gasteiger partial charge in [-0.05, 0) is 30.0 Å². The largest absolute Gasteiger partial charge is 0.298 e. The first-order valence-electron chi connectivity index (χ1n) is 7.80. The molecule has 3 heteroatoms. The third-order valence-corrected chi connectivity index (χ3v) is 4.12. The fourth-order valence-electron chi connectivity index (χ4n) is 2.55. The Kier molecular flexibility index (Phi) is 5.59. The number of carbonyl (C=O) groups excluding carboxylic acids is 1. The summed E-state index contributed by atoms with van der Waals surface area (Å²) in [5.74, 6) is 0.132. The summed E-state index contributed by atoms with van der Waals surface area (Å²) in [5, 5.41) is 0. The smallest absolute Gasteiger partial charge is 0.246 e. The number of aryl methyl sites for hydroxylation is 1. The van der Waals surface area contributed by atoms with Crippen LogP contribution >= 0.6 is 0 Å². The van der Waals surface area contributed by atoms with Crippen molar-refractivity contribution in [1.82, 2.24) is 5.43 Å². The van der Waals surface area contributed by atoms with E-state index in [1.807, 2.05) is 61.5 Å². The molecule has 0 fully saturated rings. The van der Waals surface area contributed by atoms with E-state index in [-0.39, 0.29) is 17.7 Å². The fourth-order valence-corrected chi connectivity index (χ4v) is 2.55. The van der Waals surface area contributed by atoms with Crippen molar-refractivity contribution in [2.45, 2.75) is 33.1 Å². The molecule has 3 nitrogen and oxygen atoms in total. The molecule has 0 heterocycles. The first kappa shape index (κ1) is 16.1. The molecule has 0 bridgehead atoms. The van der Waals surface area contributed by atoms with Gasteiger partial charge in [0.2, 0.25) is 5.91 Å². The van der Waals surface area contributed by atoms with Crippen molar-refractivity contribution < 1.29 is 4.79 Å². The van der Waals surface area contributed by atoms with Gasteiger partial charge in [0.25, 0.3) is 0 Å². The van der Waals surface area contributed by atoms with E-state index in [9.17, 15) is 4.79 Å². The van der Waals surface area contributed by atoms with Gasteiger partial charge < -0.3 is 0 Å². The second-order valence-electron chi connectivity index (χ2n) is 5.70. The van der Waals surface area contributed by atoms with Gasteiger partial charge in [-0.1, -0.05) is 68.8 Å². The standard InChI is InChI=1S/C19H24N2O/c1-4-14(2)18(16-11-6-5-7-12-16)19(22)21-20-17-13-9-8-10-15(17)3/h5-14,18,20H,4H2,1-3H3,(H,21,22). The Balaban J connectivity index is 2.11. The Hall–Kier alpha value is -2.29. The molecular weight excluding hydrogens is 272 g/mol. The molecule has 2 aromatic carbocycles. The number of anilines is 1. The minimum atomic E-state index is -0.150. The minimum Gasteiger partial charge on any atom is -0.298 e. The van der Waals surface area contributed by atoms with Crippen molar-refractivity contribution >= 4 is 11.6 Å². The highest BCUT2D eigenvalue weighted by molar-refractivity contribution is 5.85. The van der Waals surface area contributed by atoms with Gasteiger partial charge in [0.1, 0.15) is 0 Å². The van der Waals surface area contributed by atoms with Gasteiger partial charge in [-0.25, -0.2) is 0 Å². The van der Waals surface area contributed by atoms with Crippen molar-refractivity contribution in [2.24, 2.45) is 5.92 Å². The average Bonchev–Trinajstić information content (AvgIpc) is 2.55. The molecule has 2 atom stereocenters. The van der Waals surface area contributed by atoms with Gasteiger partial charge >= 0.3 is 0 Å². The number of rotatable bonds is 6. The predicted octanol–water partition coefficient (Wildman–Crippen LogP) is 4.27. The average molecular weight is 296 g/mol. The molecular formula is C19H24N2O. The summed E-state index contributed by atoms with van der Waals surface area (Å²) >= 11 is 0. The van der Waals surface area contributed by atoms with Crippen LogP contribution in [-0.2, 0) is 4.79 Å². The van der Waals surface area contributed by atoms with Crippen LogP contribution in [-0.4, -0.2) is 5.91 Å². The lowest BCUT2D eigenvalue weighted by molar-refractivity contribution is -0.123. The highest BCUT2D eigenvalue weighted by Crippen LogP contribution is 2.27. The minimum absolute atomic E-state index is 0.00352. The van der Waals surface area contributed by atoms with Crippen molar-refractivity contribution in [2.75, 3.05) is 5.43 Å². The Labute approximate surface area is 132 Å². The van der Waals surface area contributed by atoms with Crippen molar-refractivity contribution in [1.29, 1.82) is 0 Å². The van der Waals surface area contributed by atoms with E-state index in [0.717, 1.165) is 23.2 Å². The quantitative estimate of drug-likeness (QED) is 0.782. The first-order chi connectivity index (χ1) is 10.6. The van der Waals surface area contributed by atoms with Crippen LogP contribution in [0.25, 0.3) is 0 Å². The highest BCUT2D eigenvalue weighted by Gasteiger charge is 2.25. The van der Waals surface area contributed by atoms with E-state index in [4.69, 9.17) is 0 Å². The van der Waals surface area contributed by atoms with Crippen molar-refractivity contribution in [3.05, 3.63) is 65.7 Å². The molecule has 0 aliphatic heterocycles. The number of hydrogen-bond donors (Lipinski definition) is 2. The van der Waals surface area contributed by atoms with Crippen LogP contribution in [0.15, 0.2) is 54.6 Å². The summed E-state index contributed by atoms with van der Waals surface area (Å²) in [4.78, 5) is 12.7. The number of hydrazine groups is 1. The van der Waals surface area contributed by atoms with E-state index in [0.29, 0.717) is 0 Å². The third kappa shape index (κ3) is 3.88. The van der Waals surface area contributed by atoms with E-state index in [2.05, 4.69) is 24.7 Å². The van der Waals surface area contributed by atoms with Gasteiger partial charge in [-0.15, -0.1) is 0 Å². The zero-order valence-corrected chi connectivity index (χ0v) is 13.5. The van der Waals surface area contributed by atoms with Gasteiger partial charge in [0.15, 0.2) is 0 Å². The van der Waals surface area contributed by atoms with Crippen LogP contribution in [0.2, 0.25) is 0 Å². The monoisotopic (exact) mass is 296 g/mol. The number of carbonyl (C=O) groups is 1. The first-order valence-corrected chi connectivity index (χ1v) is 7.80. The summed E-state index contributed by atoms with van der Waals surface area (Å²) in [5.41, 5.74) is 8.99. The summed E-state index contributed by atoms with van der Waals surface area (Å²) in [6.07, 6.45) is 0.956. The molecule has 0 aromatic heterocycles. The summed E-state index contributed by atoms with van der Waals surface area (Å²) in [6.45, 7) is 6.24. The van der Waals surface area contributed by atoms with Gasteiger partial charge in [0.05, 0.1) is 11.6 Å². The Bertz CT molecular complexity index is 610. The van der Waals surface area contributed by atoms with E-state index in [1.165, 1.54) is 0 Å². The molecule has 0 radical (unpaired) electrons. The van der Waals surface area contributed by atoms with E-state index >= 15 is 0 Å². The van der Waals surface area contributed by atoms with E-state index in [1.54, 1.807) is 0 Å². The maximum atomic E-state index is 12.7. The zero-order chi connectivity index (χ0) is 15.9. The molecule has 22 heavy (non-hydrogen) atoms.